The molecule has 1 saturated carbocycles. The summed E-state index contributed by atoms with van der Waals surface area (Å²) in [5.74, 6) is 0.860. The van der Waals surface area contributed by atoms with Crippen molar-refractivity contribution in [2.24, 2.45) is 0 Å². The third-order valence-corrected chi connectivity index (χ3v) is 3.28. The summed E-state index contributed by atoms with van der Waals surface area (Å²) >= 11 is 0. The molecule has 1 aliphatic carbocycles. The van der Waals surface area contributed by atoms with Crippen LogP contribution in [0.15, 0.2) is 24.3 Å². The van der Waals surface area contributed by atoms with Crippen LogP contribution in [0.2, 0.25) is 0 Å². The van der Waals surface area contributed by atoms with Crippen molar-refractivity contribution in [3.8, 4) is 0 Å². The van der Waals surface area contributed by atoms with Crippen molar-refractivity contribution in [2.75, 3.05) is 4.90 Å². The van der Waals surface area contributed by atoms with Gasteiger partial charge in [0, 0.05) is 23.7 Å². The number of fused-ring (bicyclic) bond motifs is 3. The van der Waals surface area contributed by atoms with Crippen LogP contribution in [0, 0.1) is 0 Å². The molecule has 2 unspecified atom stereocenters. The Labute approximate surface area is 79.4 Å². The van der Waals surface area contributed by atoms with Gasteiger partial charge in [0.25, 0.3) is 0 Å². The monoisotopic (exact) mass is 173 g/mol. The van der Waals surface area contributed by atoms with Crippen LogP contribution in [0.5, 0.6) is 0 Å². The maximum absolute atomic E-state index is 2.58. The first kappa shape index (κ1) is 7.43. The first-order chi connectivity index (χ1) is 6.29. The Morgan fingerprint density at radius 2 is 2.08 bits per heavy atom. The minimum absolute atomic E-state index is 0.652. The summed E-state index contributed by atoms with van der Waals surface area (Å²) in [4.78, 5) is 2.58. The Morgan fingerprint density at radius 3 is 2.85 bits per heavy atom. The lowest BCUT2D eigenvalue weighted by Crippen LogP contribution is -2.30. The van der Waals surface area contributed by atoms with Gasteiger partial charge in [0.1, 0.15) is 0 Å². The molecule has 1 fully saturated rings. The van der Waals surface area contributed by atoms with E-state index in [1.807, 2.05) is 0 Å². The maximum atomic E-state index is 2.58. The number of nitrogens with zero attached hydrogens (tertiary/aromatic N) is 1. The highest BCUT2D eigenvalue weighted by Crippen LogP contribution is 2.56. The van der Waals surface area contributed by atoms with Gasteiger partial charge in [-0.3, -0.25) is 0 Å². The predicted octanol–water partition coefficient (Wildman–Crippen LogP) is 2.77. The van der Waals surface area contributed by atoms with Crippen molar-refractivity contribution in [3.05, 3.63) is 29.8 Å². The second-order valence-corrected chi connectivity index (χ2v) is 4.47. The van der Waals surface area contributed by atoms with Crippen LogP contribution in [0.1, 0.15) is 31.7 Å². The molecular weight excluding hydrogens is 158 g/mol. The largest absolute Gasteiger partial charge is 0.365 e. The maximum Gasteiger partial charge on any atom is 0.0407 e. The first-order valence-corrected chi connectivity index (χ1v) is 5.16. The van der Waals surface area contributed by atoms with Crippen molar-refractivity contribution < 1.29 is 0 Å². The van der Waals surface area contributed by atoms with Gasteiger partial charge in [0.15, 0.2) is 0 Å². The van der Waals surface area contributed by atoms with Gasteiger partial charge >= 0.3 is 0 Å². The second kappa shape index (κ2) is 2.28. The van der Waals surface area contributed by atoms with Crippen LogP contribution in [0.4, 0.5) is 5.69 Å². The van der Waals surface area contributed by atoms with Gasteiger partial charge < -0.3 is 4.90 Å². The number of hydrogen-bond donors (Lipinski definition) is 0. The van der Waals surface area contributed by atoms with Gasteiger partial charge in [-0.25, -0.2) is 0 Å². The molecule has 0 N–H and O–H groups in total. The first-order valence-electron chi connectivity index (χ1n) is 5.16. The normalized spacial score (nSPS) is 29.0. The van der Waals surface area contributed by atoms with Crippen LogP contribution in [0.25, 0.3) is 0 Å². The van der Waals surface area contributed by atoms with Crippen LogP contribution in [-0.2, 0) is 0 Å². The van der Waals surface area contributed by atoms with Gasteiger partial charge in [-0.1, -0.05) is 18.2 Å². The SMILES string of the molecule is CC(C)N1c2ccccc2C2CC21. The van der Waals surface area contributed by atoms with E-state index in [1.54, 1.807) is 5.56 Å². The fourth-order valence-corrected chi connectivity index (χ4v) is 2.70. The van der Waals surface area contributed by atoms with E-state index < -0.39 is 0 Å². The summed E-state index contributed by atoms with van der Waals surface area (Å²) in [5, 5.41) is 0. The van der Waals surface area contributed by atoms with Crippen LogP contribution in [-0.4, -0.2) is 12.1 Å². The molecule has 13 heavy (non-hydrogen) atoms. The molecule has 2 aliphatic rings. The third kappa shape index (κ3) is 0.874. The molecule has 3 rings (SSSR count). The van der Waals surface area contributed by atoms with Gasteiger partial charge in [-0.2, -0.15) is 0 Å². The van der Waals surface area contributed by atoms with E-state index in [-0.39, 0.29) is 0 Å². The molecular formula is C12H15N. The summed E-state index contributed by atoms with van der Waals surface area (Å²) in [6.45, 7) is 4.58. The zero-order valence-corrected chi connectivity index (χ0v) is 8.20. The van der Waals surface area contributed by atoms with Gasteiger partial charge in [0.05, 0.1) is 0 Å². The van der Waals surface area contributed by atoms with Crippen molar-refractivity contribution in [3.63, 3.8) is 0 Å². The van der Waals surface area contributed by atoms with Crippen molar-refractivity contribution in [1.82, 2.24) is 0 Å². The van der Waals surface area contributed by atoms with Crippen LogP contribution >= 0.6 is 0 Å². The molecule has 0 spiro atoms. The molecule has 1 aromatic rings. The summed E-state index contributed by atoms with van der Waals surface area (Å²) < 4.78 is 0. The number of benzene rings is 1. The van der Waals surface area contributed by atoms with E-state index in [9.17, 15) is 0 Å². The van der Waals surface area contributed by atoms with Crippen molar-refractivity contribution in [1.29, 1.82) is 0 Å². The lowest BCUT2D eigenvalue weighted by Gasteiger charge is -2.26. The lowest BCUT2D eigenvalue weighted by molar-refractivity contribution is 0.689. The number of rotatable bonds is 1. The molecule has 0 bridgehead atoms. The Bertz CT molecular complexity index is 343. The Kier molecular flexibility index (Phi) is 1.30. The number of anilines is 1. The average Bonchev–Trinajstić information content (AvgIpc) is 2.81. The fraction of sp³-hybridized carbons (Fsp3) is 0.500. The topological polar surface area (TPSA) is 3.24 Å². The average molecular weight is 173 g/mol. The van der Waals surface area contributed by atoms with E-state index in [0.29, 0.717) is 6.04 Å². The van der Waals surface area contributed by atoms with Gasteiger partial charge in [0.2, 0.25) is 0 Å². The number of para-hydroxylation sites is 1. The Morgan fingerprint density at radius 1 is 1.31 bits per heavy atom. The highest BCUT2D eigenvalue weighted by Gasteiger charge is 2.50. The minimum Gasteiger partial charge on any atom is -0.365 e. The second-order valence-electron chi connectivity index (χ2n) is 4.47. The molecule has 0 amide bonds. The molecule has 1 nitrogen and oxygen atoms in total. The molecule has 1 heterocycles. The molecule has 1 aromatic carbocycles. The zero-order chi connectivity index (χ0) is 9.00. The van der Waals surface area contributed by atoms with Crippen molar-refractivity contribution in [2.45, 2.75) is 38.3 Å². The molecule has 2 atom stereocenters. The van der Waals surface area contributed by atoms with E-state index in [4.69, 9.17) is 0 Å². The van der Waals surface area contributed by atoms with E-state index in [2.05, 4.69) is 43.0 Å². The smallest absolute Gasteiger partial charge is 0.0407 e. The van der Waals surface area contributed by atoms with Crippen LogP contribution < -0.4 is 4.90 Å². The third-order valence-electron chi connectivity index (χ3n) is 3.28. The number of hydrogen-bond acceptors (Lipinski definition) is 1. The lowest BCUT2D eigenvalue weighted by atomic mass is 10.1. The van der Waals surface area contributed by atoms with Crippen molar-refractivity contribution >= 4 is 5.69 Å². The van der Waals surface area contributed by atoms with E-state index in [1.165, 1.54) is 12.1 Å². The molecule has 1 heteroatoms. The van der Waals surface area contributed by atoms with Crippen LogP contribution in [0.3, 0.4) is 0 Å². The van der Waals surface area contributed by atoms with Gasteiger partial charge in [-0.15, -0.1) is 0 Å². The standard InChI is InChI=1S/C12H15N/c1-8(2)13-11-6-4-3-5-9(11)10-7-12(10)13/h3-6,8,10,12H,7H2,1-2H3. The Hall–Kier alpha value is -0.980. The quantitative estimate of drug-likeness (QED) is 0.631. The van der Waals surface area contributed by atoms with E-state index in [0.717, 1.165) is 12.0 Å². The summed E-state index contributed by atoms with van der Waals surface area (Å²) in [5.41, 5.74) is 3.07. The molecule has 1 aliphatic heterocycles. The van der Waals surface area contributed by atoms with E-state index >= 15 is 0 Å². The molecule has 68 valence electrons. The molecule has 0 saturated heterocycles. The zero-order valence-electron chi connectivity index (χ0n) is 8.20. The summed E-state index contributed by atoms with van der Waals surface area (Å²) in [7, 11) is 0. The van der Waals surface area contributed by atoms with Gasteiger partial charge in [-0.05, 0) is 31.9 Å². The minimum atomic E-state index is 0.652. The molecule has 0 radical (unpaired) electrons. The fourth-order valence-electron chi connectivity index (χ4n) is 2.70. The highest BCUT2D eigenvalue weighted by atomic mass is 15.2. The molecule has 0 aromatic heterocycles. The summed E-state index contributed by atoms with van der Waals surface area (Å²) in [6, 6.07) is 10.4. The Balaban J connectivity index is 2.10. The highest BCUT2D eigenvalue weighted by molar-refractivity contribution is 5.66. The predicted molar refractivity (Wildman–Crippen MR) is 55.2 cm³/mol. The summed E-state index contributed by atoms with van der Waals surface area (Å²) in [6.07, 6.45) is 1.38.